The third kappa shape index (κ3) is 5.14. The van der Waals surface area contributed by atoms with Gasteiger partial charge in [-0.25, -0.2) is 4.79 Å². The molecule has 0 aliphatic heterocycles. The van der Waals surface area contributed by atoms with E-state index < -0.39 is 5.97 Å². The van der Waals surface area contributed by atoms with Gasteiger partial charge in [0.25, 0.3) is 0 Å². The van der Waals surface area contributed by atoms with Crippen molar-refractivity contribution in [3.8, 4) is 11.5 Å². The van der Waals surface area contributed by atoms with Crippen molar-refractivity contribution in [3.63, 3.8) is 0 Å². The molecule has 2 N–H and O–H groups in total. The van der Waals surface area contributed by atoms with Crippen molar-refractivity contribution in [2.75, 3.05) is 6.61 Å². The van der Waals surface area contributed by atoms with Gasteiger partial charge in [0.15, 0.2) is 11.5 Å². The van der Waals surface area contributed by atoms with Gasteiger partial charge >= 0.3 is 5.97 Å². The van der Waals surface area contributed by atoms with Crippen molar-refractivity contribution in [3.05, 3.63) is 35.4 Å². The first kappa shape index (κ1) is 17.1. The summed E-state index contributed by atoms with van der Waals surface area (Å²) in [5.74, 6) is -0.241. The number of benzene rings is 1. The van der Waals surface area contributed by atoms with Gasteiger partial charge in [-0.2, -0.15) is 0 Å². The van der Waals surface area contributed by atoms with E-state index >= 15 is 0 Å². The van der Waals surface area contributed by atoms with Gasteiger partial charge in [0.2, 0.25) is 0 Å². The summed E-state index contributed by atoms with van der Waals surface area (Å²) < 4.78 is 5.59. The van der Waals surface area contributed by atoms with Crippen molar-refractivity contribution in [2.24, 2.45) is 0 Å². The molecular formula is C17H24O4. The van der Waals surface area contributed by atoms with Crippen LogP contribution in [0.5, 0.6) is 11.5 Å². The van der Waals surface area contributed by atoms with Crippen LogP contribution in [0.3, 0.4) is 0 Å². The fraction of sp³-hybridized carbons (Fsp3) is 0.471. The van der Waals surface area contributed by atoms with Crippen LogP contribution in [0.15, 0.2) is 29.8 Å². The molecule has 0 aliphatic carbocycles. The maximum Gasteiger partial charge on any atom is 0.330 e. The maximum absolute atomic E-state index is 10.6. The molecule has 0 saturated carbocycles. The Morgan fingerprint density at radius 2 is 2.00 bits per heavy atom. The third-order valence-electron chi connectivity index (χ3n) is 3.20. The zero-order chi connectivity index (χ0) is 16.0. The standard InChI is InChI=1S/C17H24O4/c1-12(16(19)20)8-5-6-11-21-14-10-7-9-13(15(14)18)17(2,3)4/h7-10,18H,5-6,11H2,1-4H3,(H,19,20). The van der Waals surface area contributed by atoms with Crippen molar-refractivity contribution in [1.82, 2.24) is 0 Å². The average molecular weight is 292 g/mol. The third-order valence-corrected chi connectivity index (χ3v) is 3.20. The highest BCUT2D eigenvalue weighted by Gasteiger charge is 2.20. The van der Waals surface area contributed by atoms with E-state index in [-0.39, 0.29) is 11.2 Å². The molecule has 0 heterocycles. The predicted octanol–water partition coefficient (Wildman–Crippen LogP) is 3.88. The van der Waals surface area contributed by atoms with Crippen molar-refractivity contribution in [2.45, 2.75) is 46.0 Å². The van der Waals surface area contributed by atoms with Crippen LogP contribution in [-0.4, -0.2) is 22.8 Å². The Morgan fingerprint density at radius 1 is 1.33 bits per heavy atom. The number of carbonyl (C=O) groups is 1. The molecule has 0 saturated heterocycles. The monoisotopic (exact) mass is 292 g/mol. The Morgan fingerprint density at radius 3 is 2.57 bits per heavy atom. The van der Waals surface area contributed by atoms with Gasteiger partial charge in [-0.3, -0.25) is 0 Å². The number of unbranched alkanes of at least 4 members (excludes halogenated alkanes) is 1. The van der Waals surface area contributed by atoms with Gasteiger partial charge in [-0.1, -0.05) is 39.0 Å². The number of carboxylic acids is 1. The lowest BCUT2D eigenvalue weighted by Crippen LogP contribution is -2.11. The van der Waals surface area contributed by atoms with Crippen LogP contribution < -0.4 is 4.74 Å². The number of hydrogen-bond donors (Lipinski definition) is 2. The number of ether oxygens (including phenoxy) is 1. The molecule has 4 heteroatoms. The van der Waals surface area contributed by atoms with E-state index in [1.807, 2.05) is 32.9 Å². The van der Waals surface area contributed by atoms with E-state index in [0.29, 0.717) is 30.8 Å². The van der Waals surface area contributed by atoms with E-state index in [0.717, 1.165) is 5.56 Å². The Balaban J connectivity index is 2.58. The molecule has 1 rings (SSSR count). The maximum atomic E-state index is 10.6. The summed E-state index contributed by atoms with van der Waals surface area (Å²) in [6.45, 7) is 8.11. The van der Waals surface area contributed by atoms with Gasteiger partial charge in [-0.15, -0.1) is 0 Å². The number of para-hydroxylation sites is 1. The largest absolute Gasteiger partial charge is 0.504 e. The molecule has 0 radical (unpaired) electrons. The van der Waals surface area contributed by atoms with Crippen LogP contribution in [0, 0.1) is 0 Å². The number of aromatic hydroxyl groups is 1. The molecule has 0 unspecified atom stereocenters. The van der Waals surface area contributed by atoms with Crippen LogP contribution in [-0.2, 0) is 10.2 Å². The highest BCUT2D eigenvalue weighted by atomic mass is 16.5. The predicted molar refractivity (Wildman–Crippen MR) is 82.9 cm³/mol. The smallest absolute Gasteiger partial charge is 0.330 e. The van der Waals surface area contributed by atoms with Gasteiger partial charge < -0.3 is 14.9 Å². The van der Waals surface area contributed by atoms with Gasteiger partial charge in [0, 0.05) is 11.1 Å². The highest BCUT2D eigenvalue weighted by Crippen LogP contribution is 2.37. The second-order valence-corrected chi connectivity index (χ2v) is 6.09. The highest BCUT2D eigenvalue weighted by molar-refractivity contribution is 5.85. The van der Waals surface area contributed by atoms with E-state index in [9.17, 15) is 9.90 Å². The fourth-order valence-electron chi connectivity index (χ4n) is 1.92. The lowest BCUT2D eigenvalue weighted by atomic mass is 9.86. The molecule has 1 aromatic rings. The molecule has 0 spiro atoms. The molecule has 0 amide bonds. The molecule has 21 heavy (non-hydrogen) atoms. The summed E-state index contributed by atoms with van der Waals surface area (Å²) in [6.07, 6.45) is 3.01. The van der Waals surface area contributed by atoms with E-state index in [1.165, 1.54) is 0 Å². The number of carboxylic acid groups (broad SMARTS) is 1. The minimum atomic E-state index is -0.897. The second-order valence-electron chi connectivity index (χ2n) is 6.09. The van der Waals surface area contributed by atoms with Crippen LogP contribution in [0.2, 0.25) is 0 Å². The summed E-state index contributed by atoms with van der Waals surface area (Å²) in [5, 5.41) is 19.0. The first-order valence-electron chi connectivity index (χ1n) is 7.09. The van der Waals surface area contributed by atoms with Crippen molar-refractivity contribution >= 4 is 5.97 Å². The summed E-state index contributed by atoms with van der Waals surface area (Å²) in [4.78, 5) is 10.6. The van der Waals surface area contributed by atoms with Crippen molar-refractivity contribution < 1.29 is 19.7 Å². The summed E-state index contributed by atoms with van der Waals surface area (Å²) in [6, 6.07) is 5.49. The van der Waals surface area contributed by atoms with E-state index in [4.69, 9.17) is 9.84 Å². The molecule has 4 nitrogen and oxygen atoms in total. The lowest BCUT2D eigenvalue weighted by molar-refractivity contribution is -0.132. The van der Waals surface area contributed by atoms with Gasteiger partial charge in [0.05, 0.1) is 6.61 Å². The number of hydrogen-bond acceptors (Lipinski definition) is 3. The van der Waals surface area contributed by atoms with Crippen LogP contribution in [0.25, 0.3) is 0 Å². The minimum absolute atomic E-state index is 0.148. The number of allylic oxidation sites excluding steroid dienone is 1. The SMILES string of the molecule is CC(=CCCCOc1cccc(C(C)(C)C)c1O)C(=O)O. The molecule has 0 aliphatic rings. The molecule has 1 aromatic carbocycles. The zero-order valence-corrected chi connectivity index (χ0v) is 13.1. The molecule has 0 atom stereocenters. The lowest BCUT2D eigenvalue weighted by Gasteiger charge is -2.21. The molecular weight excluding hydrogens is 268 g/mol. The molecule has 116 valence electrons. The summed E-state index contributed by atoms with van der Waals surface area (Å²) >= 11 is 0. The average Bonchev–Trinajstić information content (AvgIpc) is 2.38. The second kappa shape index (κ2) is 7.16. The van der Waals surface area contributed by atoms with Crippen LogP contribution >= 0.6 is 0 Å². The van der Waals surface area contributed by atoms with Crippen LogP contribution in [0.4, 0.5) is 0 Å². The van der Waals surface area contributed by atoms with Gasteiger partial charge in [0.1, 0.15) is 0 Å². The Bertz CT molecular complexity index is 524. The summed E-state index contributed by atoms with van der Waals surface area (Å²) in [5.41, 5.74) is 1.04. The normalized spacial score (nSPS) is 12.3. The van der Waals surface area contributed by atoms with Gasteiger partial charge in [-0.05, 0) is 31.2 Å². The molecule has 0 fully saturated rings. The van der Waals surface area contributed by atoms with E-state index in [2.05, 4.69) is 0 Å². The molecule has 0 bridgehead atoms. The Hall–Kier alpha value is -1.97. The van der Waals surface area contributed by atoms with Crippen molar-refractivity contribution in [1.29, 1.82) is 0 Å². The summed E-state index contributed by atoms with van der Waals surface area (Å²) in [7, 11) is 0. The topological polar surface area (TPSA) is 66.8 Å². The van der Waals surface area contributed by atoms with Crippen LogP contribution in [0.1, 0.15) is 46.1 Å². The van der Waals surface area contributed by atoms with E-state index in [1.54, 1.807) is 19.1 Å². The fourth-order valence-corrected chi connectivity index (χ4v) is 1.92. The first-order valence-corrected chi connectivity index (χ1v) is 7.09. The number of rotatable bonds is 6. The molecule has 0 aromatic heterocycles. The quantitative estimate of drug-likeness (QED) is 0.617. The Kier molecular flexibility index (Phi) is 5.82. The number of phenols is 1. The Labute approximate surface area is 126 Å². The minimum Gasteiger partial charge on any atom is -0.504 e. The first-order chi connectivity index (χ1) is 9.73. The number of phenolic OH excluding ortho intramolecular Hbond substituents is 1. The number of aliphatic carboxylic acids is 1. The zero-order valence-electron chi connectivity index (χ0n) is 13.1.